The van der Waals surface area contributed by atoms with Crippen LogP contribution in [0.25, 0.3) is 10.8 Å². The molecule has 0 bridgehead atoms. The van der Waals surface area contributed by atoms with Gasteiger partial charge in [0.25, 0.3) is 0 Å². The third kappa shape index (κ3) is 3.33. The fourth-order valence-electron chi connectivity index (χ4n) is 2.56. The predicted molar refractivity (Wildman–Crippen MR) is 80.0 cm³/mol. The molecular formula is C17H23N. The van der Waals surface area contributed by atoms with E-state index in [1.807, 2.05) is 0 Å². The number of nitrogens with one attached hydrogen (secondary N) is 1. The van der Waals surface area contributed by atoms with Crippen molar-refractivity contribution in [3.8, 4) is 0 Å². The van der Waals surface area contributed by atoms with E-state index >= 15 is 0 Å². The van der Waals surface area contributed by atoms with Crippen LogP contribution in [0.15, 0.2) is 42.5 Å². The lowest BCUT2D eigenvalue weighted by Gasteiger charge is -2.17. The number of fused-ring (bicyclic) bond motifs is 1. The minimum Gasteiger partial charge on any atom is -0.314 e. The van der Waals surface area contributed by atoms with E-state index in [9.17, 15) is 0 Å². The van der Waals surface area contributed by atoms with Gasteiger partial charge >= 0.3 is 0 Å². The predicted octanol–water partition coefficient (Wildman–Crippen LogP) is 4.16. The highest BCUT2D eigenvalue weighted by Gasteiger charge is 2.07. The molecule has 0 aromatic heterocycles. The van der Waals surface area contributed by atoms with Gasteiger partial charge < -0.3 is 5.32 Å². The third-order valence-electron chi connectivity index (χ3n) is 3.43. The second kappa shape index (κ2) is 6.55. The van der Waals surface area contributed by atoms with Crippen LogP contribution in [0.2, 0.25) is 0 Å². The Hall–Kier alpha value is -1.34. The van der Waals surface area contributed by atoms with Crippen LogP contribution in [0, 0.1) is 0 Å². The Balaban J connectivity index is 2.14. The van der Waals surface area contributed by atoms with Crippen molar-refractivity contribution in [1.29, 1.82) is 0 Å². The largest absolute Gasteiger partial charge is 0.314 e. The summed E-state index contributed by atoms with van der Waals surface area (Å²) in [6.45, 7) is 5.49. The van der Waals surface area contributed by atoms with Gasteiger partial charge in [-0.25, -0.2) is 0 Å². The Bertz CT molecular complexity index is 484. The smallest absolute Gasteiger partial charge is 0.0107 e. The maximum atomic E-state index is 3.58. The van der Waals surface area contributed by atoms with Crippen molar-refractivity contribution in [1.82, 2.24) is 5.32 Å². The maximum Gasteiger partial charge on any atom is 0.0107 e. The van der Waals surface area contributed by atoms with Crippen molar-refractivity contribution in [2.75, 3.05) is 6.54 Å². The van der Waals surface area contributed by atoms with E-state index in [0.29, 0.717) is 6.04 Å². The van der Waals surface area contributed by atoms with E-state index in [1.165, 1.54) is 29.2 Å². The molecule has 0 aliphatic rings. The molecule has 0 saturated heterocycles. The number of likely N-dealkylation sites (N-methyl/N-ethyl adjacent to an activating group) is 1. The molecule has 2 rings (SSSR count). The molecule has 0 radical (unpaired) electrons. The zero-order valence-electron chi connectivity index (χ0n) is 11.4. The fraction of sp³-hybridized carbons (Fsp3) is 0.412. The Morgan fingerprint density at radius 3 is 2.50 bits per heavy atom. The number of rotatable bonds is 6. The fourth-order valence-corrected chi connectivity index (χ4v) is 2.56. The van der Waals surface area contributed by atoms with Gasteiger partial charge in [0, 0.05) is 6.04 Å². The molecule has 0 aliphatic heterocycles. The van der Waals surface area contributed by atoms with E-state index in [1.54, 1.807) is 0 Å². The van der Waals surface area contributed by atoms with Crippen LogP contribution in [-0.2, 0) is 6.42 Å². The number of hydrogen-bond acceptors (Lipinski definition) is 1. The summed E-state index contributed by atoms with van der Waals surface area (Å²) in [7, 11) is 0. The van der Waals surface area contributed by atoms with Crippen LogP contribution in [0.3, 0.4) is 0 Å². The molecule has 1 nitrogen and oxygen atoms in total. The summed E-state index contributed by atoms with van der Waals surface area (Å²) in [6, 6.07) is 16.0. The van der Waals surface area contributed by atoms with Crippen molar-refractivity contribution < 1.29 is 0 Å². The Morgan fingerprint density at radius 2 is 1.78 bits per heavy atom. The lowest BCUT2D eigenvalue weighted by atomic mass is 9.99. The first-order chi connectivity index (χ1) is 8.83. The Labute approximate surface area is 110 Å². The minimum absolute atomic E-state index is 0.612. The molecular weight excluding hydrogens is 218 g/mol. The zero-order chi connectivity index (χ0) is 12.8. The van der Waals surface area contributed by atoms with E-state index in [2.05, 4.69) is 61.6 Å². The normalized spacial score (nSPS) is 12.8. The van der Waals surface area contributed by atoms with E-state index in [0.717, 1.165) is 13.0 Å². The molecule has 18 heavy (non-hydrogen) atoms. The number of benzene rings is 2. The topological polar surface area (TPSA) is 12.0 Å². The first kappa shape index (κ1) is 13.1. The van der Waals surface area contributed by atoms with Crippen LogP contribution in [0.5, 0.6) is 0 Å². The van der Waals surface area contributed by atoms with E-state index < -0.39 is 0 Å². The van der Waals surface area contributed by atoms with Gasteiger partial charge in [-0.1, -0.05) is 62.7 Å². The highest BCUT2D eigenvalue weighted by Crippen LogP contribution is 2.17. The third-order valence-corrected chi connectivity index (χ3v) is 3.43. The summed E-state index contributed by atoms with van der Waals surface area (Å²) in [5.41, 5.74) is 1.44. The second-order valence-electron chi connectivity index (χ2n) is 4.93. The van der Waals surface area contributed by atoms with Crippen molar-refractivity contribution >= 4 is 10.8 Å². The van der Waals surface area contributed by atoms with Crippen LogP contribution < -0.4 is 5.32 Å². The van der Waals surface area contributed by atoms with E-state index in [-0.39, 0.29) is 0 Å². The Kier molecular flexibility index (Phi) is 4.77. The molecule has 0 fully saturated rings. The quantitative estimate of drug-likeness (QED) is 0.800. The van der Waals surface area contributed by atoms with Crippen LogP contribution in [-0.4, -0.2) is 12.6 Å². The summed E-state index contributed by atoms with van der Waals surface area (Å²) in [5.74, 6) is 0. The summed E-state index contributed by atoms with van der Waals surface area (Å²) in [5, 5.41) is 6.26. The summed E-state index contributed by atoms with van der Waals surface area (Å²) in [4.78, 5) is 0. The van der Waals surface area contributed by atoms with Gasteiger partial charge in [-0.3, -0.25) is 0 Å². The van der Waals surface area contributed by atoms with Crippen LogP contribution in [0.1, 0.15) is 32.3 Å². The van der Waals surface area contributed by atoms with E-state index in [4.69, 9.17) is 0 Å². The van der Waals surface area contributed by atoms with Crippen molar-refractivity contribution in [3.63, 3.8) is 0 Å². The molecule has 0 amide bonds. The first-order valence-corrected chi connectivity index (χ1v) is 7.04. The summed E-state index contributed by atoms with van der Waals surface area (Å²) in [6.07, 6.45) is 3.62. The monoisotopic (exact) mass is 241 g/mol. The second-order valence-corrected chi connectivity index (χ2v) is 4.93. The van der Waals surface area contributed by atoms with Crippen molar-refractivity contribution in [2.24, 2.45) is 0 Å². The highest BCUT2D eigenvalue weighted by atomic mass is 14.9. The van der Waals surface area contributed by atoms with Crippen molar-refractivity contribution in [2.45, 2.75) is 39.2 Å². The molecule has 2 aromatic rings. The first-order valence-electron chi connectivity index (χ1n) is 7.04. The molecule has 0 saturated carbocycles. The van der Waals surface area contributed by atoms with Gasteiger partial charge in [0.2, 0.25) is 0 Å². The SMILES string of the molecule is CCCC(Cc1ccc2ccccc2c1)NCC. The molecule has 0 aliphatic carbocycles. The average molecular weight is 241 g/mol. The van der Waals surface area contributed by atoms with Crippen LogP contribution >= 0.6 is 0 Å². The molecule has 2 aromatic carbocycles. The summed E-state index contributed by atoms with van der Waals surface area (Å²) >= 11 is 0. The molecule has 1 heteroatoms. The Morgan fingerprint density at radius 1 is 1.00 bits per heavy atom. The maximum absolute atomic E-state index is 3.58. The van der Waals surface area contributed by atoms with Gasteiger partial charge in [-0.05, 0) is 35.7 Å². The molecule has 96 valence electrons. The van der Waals surface area contributed by atoms with Gasteiger partial charge in [0.1, 0.15) is 0 Å². The van der Waals surface area contributed by atoms with Crippen molar-refractivity contribution in [3.05, 3.63) is 48.0 Å². The minimum atomic E-state index is 0.612. The van der Waals surface area contributed by atoms with Gasteiger partial charge in [-0.2, -0.15) is 0 Å². The molecule has 0 spiro atoms. The molecule has 1 unspecified atom stereocenters. The number of hydrogen-bond donors (Lipinski definition) is 1. The van der Waals surface area contributed by atoms with Gasteiger partial charge in [0.15, 0.2) is 0 Å². The molecule has 0 heterocycles. The van der Waals surface area contributed by atoms with Gasteiger partial charge in [-0.15, -0.1) is 0 Å². The lowest BCUT2D eigenvalue weighted by Crippen LogP contribution is -2.30. The molecule has 1 N–H and O–H groups in total. The molecule has 1 atom stereocenters. The lowest BCUT2D eigenvalue weighted by molar-refractivity contribution is 0.486. The van der Waals surface area contributed by atoms with Crippen LogP contribution in [0.4, 0.5) is 0 Å². The summed E-state index contributed by atoms with van der Waals surface area (Å²) < 4.78 is 0. The van der Waals surface area contributed by atoms with Gasteiger partial charge in [0.05, 0.1) is 0 Å². The highest BCUT2D eigenvalue weighted by molar-refractivity contribution is 5.82. The average Bonchev–Trinajstić information content (AvgIpc) is 2.39. The zero-order valence-corrected chi connectivity index (χ0v) is 11.4. The standard InChI is InChI=1S/C17H23N/c1-3-7-17(18-4-2)13-14-10-11-15-8-5-6-9-16(15)12-14/h5-6,8-12,17-18H,3-4,7,13H2,1-2H3.